The normalized spacial score (nSPS) is 15.4. The van der Waals surface area contributed by atoms with Crippen molar-refractivity contribution in [3.63, 3.8) is 0 Å². The first-order valence-electron chi connectivity index (χ1n) is 20.8. The Balaban J connectivity index is 1.12. The molecule has 6 rings (SSSR count). The summed E-state index contributed by atoms with van der Waals surface area (Å²) in [6, 6.07) is 30.0. The number of hydrogen-bond acceptors (Lipinski definition) is 8. The van der Waals surface area contributed by atoms with E-state index in [0.29, 0.717) is 12.1 Å². The molecule has 0 spiro atoms. The fourth-order valence-electron chi connectivity index (χ4n) is 7.70. The minimum Gasteiger partial charge on any atom is -0.445 e. The maximum atomic E-state index is 14.3. The number of H-pyrrole nitrogens is 1. The molecule has 316 valence electrons. The highest BCUT2D eigenvalue weighted by Crippen LogP contribution is 2.21. The van der Waals surface area contributed by atoms with Gasteiger partial charge in [-0.2, -0.15) is 0 Å². The topological polar surface area (TPSA) is 178 Å². The van der Waals surface area contributed by atoms with Gasteiger partial charge in [0, 0.05) is 50.4 Å². The number of piperidine rings is 1. The van der Waals surface area contributed by atoms with E-state index in [1.165, 1.54) is 11.9 Å². The number of hydrogen-bond donors (Lipinski definition) is 6. The van der Waals surface area contributed by atoms with Gasteiger partial charge in [0.2, 0.25) is 17.7 Å². The van der Waals surface area contributed by atoms with Crippen LogP contribution in [0.4, 0.5) is 4.79 Å². The minimum absolute atomic E-state index is 0.00471. The molecule has 13 heteroatoms. The molecule has 5 aromatic rings. The van der Waals surface area contributed by atoms with E-state index in [9.17, 15) is 24.3 Å². The van der Waals surface area contributed by atoms with E-state index in [4.69, 9.17) is 4.74 Å². The lowest BCUT2D eigenvalue weighted by molar-refractivity contribution is -0.131. The first-order valence-corrected chi connectivity index (χ1v) is 20.8. The van der Waals surface area contributed by atoms with Crippen molar-refractivity contribution in [2.45, 2.75) is 95.8 Å². The Morgan fingerprint density at radius 3 is 2.15 bits per heavy atom. The van der Waals surface area contributed by atoms with Crippen LogP contribution in [-0.2, 0) is 45.1 Å². The Kier molecular flexibility index (Phi) is 15.8. The number of rotatable bonds is 19. The van der Waals surface area contributed by atoms with Gasteiger partial charge in [0.05, 0.1) is 24.9 Å². The van der Waals surface area contributed by atoms with E-state index in [2.05, 4.69) is 48.3 Å². The van der Waals surface area contributed by atoms with Crippen LogP contribution in [0, 0.1) is 5.92 Å². The molecule has 1 aromatic heterocycles. The number of aliphatic hydroxyl groups excluding tert-OH is 1. The van der Waals surface area contributed by atoms with Crippen molar-refractivity contribution in [3.05, 3.63) is 138 Å². The Labute approximate surface area is 351 Å². The quantitative estimate of drug-likeness (QED) is 0.0660. The van der Waals surface area contributed by atoms with E-state index in [1.54, 1.807) is 6.20 Å². The van der Waals surface area contributed by atoms with Gasteiger partial charge < -0.3 is 36.1 Å². The van der Waals surface area contributed by atoms with Crippen molar-refractivity contribution in [1.82, 2.24) is 36.1 Å². The summed E-state index contributed by atoms with van der Waals surface area (Å²) in [4.78, 5) is 64.5. The third-order valence-corrected chi connectivity index (χ3v) is 10.9. The molecule has 6 N–H and O–H groups in total. The SMILES string of the molecule is CC(C)C[C@H](NC(=O)[C@@H](Cc1cnc[nH]1)NC(=O)[C@H](Cc1cccc2ccccc12)NC(=O)OCc1ccccc1)[C@@H](O)CC(=O)NC1CCN(Cc2ccccc2)CC1. The highest BCUT2D eigenvalue weighted by molar-refractivity contribution is 5.93. The lowest BCUT2D eigenvalue weighted by Gasteiger charge is -2.33. The number of carbonyl (C=O) groups is 4. The second kappa shape index (κ2) is 21.8. The van der Waals surface area contributed by atoms with Crippen molar-refractivity contribution < 1.29 is 29.0 Å². The molecule has 1 fully saturated rings. The number of nitrogens with one attached hydrogen (secondary N) is 5. The highest BCUT2D eigenvalue weighted by Gasteiger charge is 2.32. The number of benzene rings is 4. The number of fused-ring (bicyclic) bond motifs is 1. The lowest BCUT2D eigenvalue weighted by Crippen LogP contribution is -2.57. The summed E-state index contributed by atoms with van der Waals surface area (Å²) in [5, 5.41) is 25.0. The minimum atomic E-state index is -1.18. The van der Waals surface area contributed by atoms with Gasteiger partial charge >= 0.3 is 6.09 Å². The van der Waals surface area contributed by atoms with Gasteiger partial charge in [-0.15, -0.1) is 0 Å². The van der Waals surface area contributed by atoms with E-state index >= 15 is 0 Å². The van der Waals surface area contributed by atoms with Gasteiger partial charge in [-0.3, -0.25) is 19.3 Å². The van der Waals surface area contributed by atoms with Crippen LogP contribution >= 0.6 is 0 Å². The monoisotopic (exact) mass is 815 g/mol. The molecule has 0 aliphatic carbocycles. The fourth-order valence-corrected chi connectivity index (χ4v) is 7.70. The van der Waals surface area contributed by atoms with E-state index in [0.717, 1.165) is 54.4 Å². The van der Waals surface area contributed by atoms with Gasteiger partial charge in [0.25, 0.3) is 0 Å². The zero-order valence-electron chi connectivity index (χ0n) is 34.4. The molecular formula is C47H57N7O6. The first kappa shape index (κ1) is 43.5. The molecule has 4 atom stereocenters. The van der Waals surface area contributed by atoms with Gasteiger partial charge in [-0.05, 0) is 52.6 Å². The van der Waals surface area contributed by atoms with Crippen LogP contribution in [0.5, 0.6) is 0 Å². The van der Waals surface area contributed by atoms with Crippen LogP contribution in [0.3, 0.4) is 0 Å². The second-order valence-electron chi connectivity index (χ2n) is 16.1. The Morgan fingerprint density at radius 1 is 0.800 bits per heavy atom. The number of likely N-dealkylation sites (tertiary alicyclic amines) is 1. The van der Waals surface area contributed by atoms with Crippen molar-refractivity contribution in [1.29, 1.82) is 0 Å². The average Bonchev–Trinajstić information content (AvgIpc) is 3.77. The predicted octanol–water partition coefficient (Wildman–Crippen LogP) is 5.19. The summed E-state index contributed by atoms with van der Waals surface area (Å²) in [5.41, 5.74) is 3.45. The van der Waals surface area contributed by atoms with Crippen LogP contribution in [0.1, 0.15) is 61.9 Å². The van der Waals surface area contributed by atoms with Gasteiger partial charge in [0.15, 0.2) is 0 Å². The third-order valence-electron chi connectivity index (χ3n) is 10.9. The summed E-state index contributed by atoms with van der Waals surface area (Å²) in [5.74, 6) is -1.37. The van der Waals surface area contributed by atoms with Crippen LogP contribution in [0.15, 0.2) is 116 Å². The summed E-state index contributed by atoms with van der Waals surface area (Å²) in [6.45, 7) is 6.52. The fraction of sp³-hybridized carbons (Fsp3) is 0.383. The summed E-state index contributed by atoms with van der Waals surface area (Å²) >= 11 is 0. The Bertz CT molecular complexity index is 2120. The number of carbonyl (C=O) groups excluding carboxylic acids is 4. The molecule has 1 aliphatic heterocycles. The van der Waals surface area contributed by atoms with E-state index < -0.39 is 42.1 Å². The number of aliphatic hydroxyl groups is 1. The highest BCUT2D eigenvalue weighted by atomic mass is 16.5. The van der Waals surface area contributed by atoms with E-state index in [1.807, 2.05) is 105 Å². The summed E-state index contributed by atoms with van der Waals surface area (Å²) in [7, 11) is 0. The summed E-state index contributed by atoms with van der Waals surface area (Å²) in [6.07, 6.45) is 3.04. The summed E-state index contributed by atoms with van der Waals surface area (Å²) < 4.78 is 5.51. The van der Waals surface area contributed by atoms with Gasteiger partial charge in [-0.25, -0.2) is 9.78 Å². The van der Waals surface area contributed by atoms with Crippen LogP contribution < -0.4 is 21.3 Å². The number of ether oxygens (including phenoxy) is 1. The van der Waals surface area contributed by atoms with Gasteiger partial charge in [-0.1, -0.05) is 117 Å². The molecule has 4 amide bonds. The number of imidazole rings is 1. The number of aromatic amines is 1. The third kappa shape index (κ3) is 13.2. The zero-order valence-corrected chi connectivity index (χ0v) is 34.4. The molecule has 60 heavy (non-hydrogen) atoms. The number of nitrogens with zero attached hydrogens (tertiary/aromatic N) is 2. The number of alkyl carbamates (subject to hydrolysis) is 1. The lowest BCUT2D eigenvalue weighted by atomic mass is 9.95. The van der Waals surface area contributed by atoms with Crippen molar-refractivity contribution >= 4 is 34.6 Å². The number of amides is 4. The standard InChI is InChI=1S/C47H57N7O6/c1-32(2)24-40(43(55)27-44(56)50-37-20-22-54(23-21-37)29-33-12-5-3-6-13-33)51-46(58)42(26-38-28-48-31-49-38)52-45(57)41(53-47(59)60-30-34-14-7-4-8-15-34)25-36-18-11-17-35-16-9-10-19-39(35)36/h3-19,28,31-32,37,40-43,55H,20-27,29-30H2,1-2H3,(H,48,49)(H,50,56)(H,51,58)(H,52,57)(H,53,59)/t40-,41-,42+,43-/m0/s1. The van der Waals surface area contributed by atoms with E-state index in [-0.39, 0.29) is 43.7 Å². The average molecular weight is 816 g/mol. The molecule has 0 unspecified atom stereocenters. The van der Waals surface area contributed by atoms with Crippen LogP contribution in [0.25, 0.3) is 10.8 Å². The Hall–Kier alpha value is -6.05. The molecule has 4 aromatic carbocycles. The maximum Gasteiger partial charge on any atom is 0.408 e. The molecular weight excluding hydrogens is 759 g/mol. The molecule has 0 radical (unpaired) electrons. The number of aromatic nitrogens is 2. The van der Waals surface area contributed by atoms with Crippen molar-refractivity contribution in [2.75, 3.05) is 13.1 Å². The largest absolute Gasteiger partial charge is 0.445 e. The molecule has 1 aliphatic rings. The smallest absolute Gasteiger partial charge is 0.408 e. The second-order valence-corrected chi connectivity index (χ2v) is 16.1. The Morgan fingerprint density at radius 2 is 1.45 bits per heavy atom. The van der Waals surface area contributed by atoms with Crippen LogP contribution in [-0.4, -0.2) is 87.2 Å². The molecule has 0 saturated carbocycles. The van der Waals surface area contributed by atoms with Gasteiger partial charge in [0.1, 0.15) is 18.7 Å². The van der Waals surface area contributed by atoms with Crippen molar-refractivity contribution in [3.8, 4) is 0 Å². The maximum absolute atomic E-state index is 14.3. The predicted molar refractivity (Wildman–Crippen MR) is 230 cm³/mol. The molecule has 13 nitrogen and oxygen atoms in total. The molecule has 2 heterocycles. The van der Waals surface area contributed by atoms with Crippen LogP contribution in [0.2, 0.25) is 0 Å². The molecule has 1 saturated heterocycles. The van der Waals surface area contributed by atoms with Crippen molar-refractivity contribution in [2.24, 2.45) is 5.92 Å². The first-order chi connectivity index (χ1) is 29.1. The molecule has 0 bridgehead atoms. The zero-order chi connectivity index (χ0) is 42.3.